The second-order valence-corrected chi connectivity index (χ2v) is 8.19. The second kappa shape index (κ2) is 10.1. The van der Waals surface area contributed by atoms with Gasteiger partial charge in [-0.1, -0.05) is 91.5 Å². The highest BCUT2D eigenvalue weighted by atomic mass is 32.2. The molecule has 3 aromatic carbocycles. The van der Waals surface area contributed by atoms with E-state index in [-0.39, 0.29) is 17.8 Å². The Morgan fingerprint density at radius 1 is 0.935 bits per heavy atom. The Labute approximate surface area is 186 Å². The van der Waals surface area contributed by atoms with E-state index in [1.165, 1.54) is 11.8 Å². The topological polar surface area (TPSA) is 63.1 Å². The van der Waals surface area contributed by atoms with E-state index in [4.69, 9.17) is 4.74 Å². The molecule has 0 aromatic heterocycles. The summed E-state index contributed by atoms with van der Waals surface area (Å²) in [7, 11) is 0. The molecule has 4 rings (SSSR count). The predicted molar refractivity (Wildman–Crippen MR) is 128 cm³/mol. The van der Waals surface area contributed by atoms with Gasteiger partial charge in [-0.2, -0.15) is 0 Å². The fraction of sp³-hybridized carbons (Fsp3) is 0.160. The van der Waals surface area contributed by atoms with Crippen molar-refractivity contribution in [3.8, 4) is 16.9 Å². The molecule has 31 heavy (non-hydrogen) atoms. The van der Waals surface area contributed by atoms with E-state index in [0.717, 1.165) is 28.9 Å². The first-order valence-corrected chi connectivity index (χ1v) is 11.1. The Bertz CT molecular complexity index is 1080. The van der Waals surface area contributed by atoms with Crippen molar-refractivity contribution in [1.29, 1.82) is 0 Å². The van der Waals surface area contributed by atoms with Crippen LogP contribution < -0.4 is 10.1 Å². The van der Waals surface area contributed by atoms with Gasteiger partial charge in [-0.25, -0.2) is 0 Å². The van der Waals surface area contributed by atoms with Crippen molar-refractivity contribution in [3.05, 3.63) is 90.5 Å². The molecular formula is C25H23N3O2S. The standard InChI is InChI=1S/C25H23N3O2S/c1-2-23-24(29)26-25(31-23)28-27-22(17-30-21-11-7-4-8-12-21)20-15-13-19(14-16-20)18-9-5-3-6-10-18/h3-16,23H,2,17H2,1H3,(H,26,28,29)/b27-22+. The predicted octanol–water partition coefficient (Wildman–Crippen LogP) is 5.13. The SMILES string of the molecule is CCC1S/C(=N\N=C(/COc2ccccc2)c2ccc(-c3ccccc3)cc2)NC1=O. The maximum absolute atomic E-state index is 11.9. The van der Waals surface area contributed by atoms with Crippen LogP contribution in [0.3, 0.4) is 0 Å². The monoisotopic (exact) mass is 429 g/mol. The molecule has 1 saturated heterocycles. The fourth-order valence-electron chi connectivity index (χ4n) is 3.15. The number of nitrogens with one attached hydrogen (secondary N) is 1. The number of benzene rings is 3. The molecule has 156 valence electrons. The smallest absolute Gasteiger partial charge is 0.239 e. The zero-order valence-electron chi connectivity index (χ0n) is 17.2. The van der Waals surface area contributed by atoms with Gasteiger partial charge in [-0.05, 0) is 29.7 Å². The first-order chi connectivity index (χ1) is 15.2. The summed E-state index contributed by atoms with van der Waals surface area (Å²) in [6, 6.07) is 28.0. The summed E-state index contributed by atoms with van der Waals surface area (Å²) in [6.07, 6.45) is 0.754. The van der Waals surface area contributed by atoms with Gasteiger partial charge in [0.2, 0.25) is 5.91 Å². The fourth-order valence-corrected chi connectivity index (χ4v) is 4.00. The van der Waals surface area contributed by atoms with Gasteiger partial charge in [0.05, 0.1) is 5.25 Å². The zero-order chi connectivity index (χ0) is 21.5. The summed E-state index contributed by atoms with van der Waals surface area (Å²) in [5.74, 6) is 0.745. The van der Waals surface area contributed by atoms with Crippen molar-refractivity contribution >= 4 is 28.5 Å². The Hall–Kier alpha value is -3.38. The minimum Gasteiger partial charge on any atom is -0.487 e. The number of rotatable bonds is 7. The minimum atomic E-state index is -0.108. The molecule has 0 aliphatic carbocycles. The van der Waals surface area contributed by atoms with Crippen LogP contribution in [0.1, 0.15) is 18.9 Å². The van der Waals surface area contributed by atoms with Gasteiger partial charge >= 0.3 is 0 Å². The molecule has 1 amide bonds. The van der Waals surface area contributed by atoms with Crippen molar-refractivity contribution < 1.29 is 9.53 Å². The van der Waals surface area contributed by atoms with Crippen LogP contribution in [0, 0.1) is 0 Å². The van der Waals surface area contributed by atoms with E-state index < -0.39 is 0 Å². The maximum Gasteiger partial charge on any atom is 0.239 e. The van der Waals surface area contributed by atoms with Crippen LogP contribution in [0.25, 0.3) is 11.1 Å². The number of hydrogen-bond donors (Lipinski definition) is 1. The molecule has 1 aliphatic heterocycles. The first kappa shape index (κ1) is 20.9. The highest BCUT2D eigenvalue weighted by Gasteiger charge is 2.28. The largest absolute Gasteiger partial charge is 0.487 e. The zero-order valence-corrected chi connectivity index (χ0v) is 18.0. The van der Waals surface area contributed by atoms with Crippen molar-refractivity contribution in [1.82, 2.24) is 5.32 Å². The van der Waals surface area contributed by atoms with Crippen LogP contribution in [0.4, 0.5) is 0 Å². The van der Waals surface area contributed by atoms with Crippen LogP contribution in [-0.4, -0.2) is 28.6 Å². The van der Waals surface area contributed by atoms with Crippen LogP contribution in [-0.2, 0) is 4.79 Å². The number of carbonyl (C=O) groups excluding carboxylic acids is 1. The van der Waals surface area contributed by atoms with Crippen molar-refractivity contribution in [2.75, 3.05) is 6.61 Å². The van der Waals surface area contributed by atoms with Gasteiger partial charge in [0.25, 0.3) is 0 Å². The number of thioether (sulfide) groups is 1. The van der Waals surface area contributed by atoms with Gasteiger partial charge in [-0.3, -0.25) is 4.79 Å². The molecule has 1 N–H and O–H groups in total. The molecule has 3 aromatic rings. The summed E-state index contributed by atoms with van der Waals surface area (Å²) in [6.45, 7) is 2.25. The molecule has 0 radical (unpaired) electrons. The minimum absolute atomic E-state index is 0.0178. The second-order valence-electron chi connectivity index (χ2n) is 7.00. The summed E-state index contributed by atoms with van der Waals surface area (Å²) in [4.78, 5) is 11.9. The number of amides is 1. The lowest BCUT2D eigenvalue weighted by Gasteiger charge is -2.09. The van der Waals surface area contributed by atoms with Gasteiger partial charge in [0.15, 0.2) is 5.17 Å². The summed E-state index contributed by atoms with van der Waals surface area (Å²) in [5, 5.41) is 11.9. The van der Waals surface area contributed by atoms with Crippen molar-refractivity contribution in [3.63, 3.8) is 0 Å². The Morgan fingerprint density at radius 2 is 1.58 bits per heavy atom. The van der Waals surface area contributed by atoms with Crippen molar-refractivity contribution in [2.45, 2.75) is 18.6 Å². The first-order valence-electron chi connectivity index (χ1n) is 10.2. The summed E-state index contributed by atoms with van der Waals surface area (Å²) in [5.41, 5.74) is 3.89. The van der Waals surface area contributed by atoms with E-state index in [1.54, 1.807) is 0 Å². The molecule has 0 bridgehead atoms. The number of para-hydroxylation sites is 1. The number of amidine groups is 1. The average molecular weight is 430 g/mol. The lowest BCUT2D eigenvalue weighted by Crippen LogP contribution is -2.24. The molecule has 1 heterocycles. The highest BCUT2D eigenvalue weighted by Crippen LogP contribution is 2.23. The van der Waals surface area contributed by atoms with Gasteiger partial charge in [0.1, 0.15) is 18.1 Å². The molecule has 0 spiro atoms. The maximum atomic E-state index is 11.9. The van der Waals surface area contributed by atoms with E-state index >= 15 is 0 Å². The molecule has 5 nitrogen and oxygen atoms in total. The summed E-state index contributed by atoms with van der Waals surface area (Å²) < 4.78 is 5.92. The molecule has 1 unspecified atom stereocenters. The third kappa shape index (κ3) is 5.41. The normalized spacial score (nSPS) is 17.6. The lowest BCUT2D eigenvalue weighted by molar-refractivity contribution is -0.118. The summed E-state index contributed by atoms with van der Waals surface area (Å²) >= 11 is 1.41. The average Bonchev–Trinajstić information content (AvgIpc) is 3.20. The van der Waals surface area contributed by atoms with E-state index in [1.807, 2.05) is 67.6 Å². The van der Waals surface area contributed by atoms with Crippen LogP contribution in [0.5, 0.6) is 5.75 Å². The van der Waals surface area contributed by atoms with Gasteiger partial charge in [0, 0.05) is 5.56 Å². The van der Waals surface area contributed by atoms with Crippen LogP contribution >= 0.6 is 11.8 Å². The molecule has 1 atom stereocenters. The molecular weight excluding hydrogens is 406 g/mol. The van der Waals surface area contributed by atoms with E-state index in [2.05, 4.69) is 39.8 Å². The molecule has 1 fully saturated rings. The lowest BCUT2D eigenvalue weighted by atomic mass is 10.0. The number of ether oxygens (including phenoxy) is 1. The third-order valence-electron chi connectivity index (χ3n) is 4.85. The number of hydrogen-bond acceptors (Lipinski definition) is 5. The number of nitrogens with zero attached hydrogens (tertiary/aromatic N) is 2. The Balaban J connectivity index is 1.58. The van der Waals surface area contributed by atoms with Crippen LogP contribution in [0.15, 0.2) is 95.1 Å². The third-order valence-corrected chi connectivity index (χ3v) is 6.09. The van der Waals surface area contributed by atoms with Gasteiger partial charge < -0.3 is 10.1 Å². The quantitative estimate of drug-likeness (QED) is 0.418. The Morgan fingerprint density at radius 3 is 2.23 bits per heavy atom. The van der Waals surface area contributed by atoms with E-state index in [0.29, 0.717) is 10.9 Å². The van der Waals surface area contributed by atoms with Crippen molar-refractivity contribution in [2.24, 2.45) is 10.2 Å². The van der Waals surface area contributed by atoms with Crippen LogP contribution in [0.2, 0.25) is 0 Å². The molecule has 6 heteroatoms. The Kier molecular flexibility index (Phi) is 6.79. The van der Waals surface area contributed by atoms with E-state index in [9.17, 15) is 4.79 Å². The van der Waals surface area contributed by atoms with Gasteiger partial charge in [-0.15, -0.1) is 10.2 Å². The molecule has 0 saturated carbocycles. The number of carbonyl (C=O) groups is 1. The molecule has 1 aliphatic rings. The highest BCUT2D eigenvalue weighted by molar-refractivity contribution is 8.15.